The number of fused-ring (bicyclic) bond motifs is 1. The van der Waals surface area contributed by atoms with E-state index in [1.807, 2.05) is 30.3 Å². The number of pyridine rings is 1. The van der Waals surface area contributed by atoms with Crippen LogP contribution in [0.3, 0.4) is 0 Å². The maximum Gasteiger partial charge on any atom is 0.134 e. The minimum atomic E-state index is 0.129. The van der Waals surface area contributed by atoms with Gasteiger partial charge in [0.05, 0.1) is 6.04 Å². The van der Waals surface area contributed by atoms with Crippen molar-refractivity contribution < 1.29 is 4.42 Å². The van der Waals surface area contributed by atoms with Gasteiger partial charge in [-0.05, 0) is 42.8 Å². The monoisotopic (exact) mass is 281 g/mol. The first-order chi connectivity index (χ1) is 10.3. The van der Waals surface area contributed by atoms with E-state index in [0.29, 0.717) is 5.82 Å². The number of anilines is 1. The molecule has 3 rings (SSSR count). The lowest BCUT2D eigenvalue weighted by Gasteiger charge is -2.15. The van der Waals surface area contributed by atoms with Gasteiger partial charge in [-0.1, -0.05) is 25.1 Å². The Morgan fingerprint density at radius 1 is 1.24 bits per heavy atom. The Labute approximate surface area is 124 Å². The summed E-state index contributed by atoms with van der Waals surface area (Å²) in [6.07, 6.45) is 2.56. The summed E-state index contributed by atoms with van der Waals surface area (Å²) < 4.78 is 5.98. The van der Waals surface area contributed by atoms with Gasteiger partial charge in [-0.2, -0.15) is 0 Å². The molecule has 2 heterocycles. The first kappa shape index (κ1) is 13.6. The number of rotatable bonds is 5. The van der Waals surface area contributed by atoms with Crippen molar-refractivity contribution in [3.05, 3.63) is 60.0 Å². The molecule has 1 aromatic carbocycles. The van der Waals surface area contributed by atoms with Gasteiger partial charge in [0.15, 0.2) is 0 Å². The van der Waals surface area contributed by atoms with Crippen molar-refractivity contribution in [2.45, 2.75) is 19.4 Å². The highest BCUT2D eigenvalue weighted by Crippen LogP contribution is 2.26. The van der Waals surface area contributed by atoms with Crippen LogP contribution in [-0.4, -0.2) is 11.5 Å². The number of hydrogen-bond acceptors (Lipinski definition) is 4. The molecule has 2 aromatic heterocycles. The molecule has 108 valence electrons. The molecule has 0 aliphatic rings. The maximum atomic E-state index is 5.98. The van der Waals surface area contributed by atoms with E-state index in [4.69, 9.17) is 10.2 Å². The number of furan rings is 1. The van der Waals surface area contributed by atoms with E-state index < -0.39 is 0 Å². The summed E-state index contributed by atoms with van der Waals surface area (Å²) in [6, 6.07) is 14.2. The predicted molar refractivity (Wildman–Crippen MR) is 85.0 cm³/mol. The van der Waals surface area contributed by atoms with Crippen LogP contribution < -0.4 is 11.1 Å². The van der Waals surface area contributed by atoms with Crippen LogP contribution in [0, 0.1) is 0 Å². The fraction of sp³-hybridized carbons (Fsp3) is 0.235. The largest absolute Gasteiger partial charge is 0.459 e. The van der Waals surface area contributed by atoms with Crippen molar-refractivity contribution in [1.29, 1.82) is 0 Å². The third-order valence-corrected chi connectivity index (χ3v) is 3.52. The molecule has 0 saturated carbocycles. The lowest BCUT2D eigenvalue weighted by atomic mass is 10.0. The van der Waals surface area contributed by atoms with Crippen LogP contribution in [0.1, 0.15) is 24.3 Å². The quantitative estimate of drug-likeness (QED) is 0.753. The zero-order chi connectivity index (χ0) is 14.7. The smallest absolute Gasteiger partial charge is 0.134 e. The number of nitrogens with two attached hydrogens (primary N) is 1. The summed E-state index contributed by atoms with van der Waals surface area (Å²) in [5.74, 6) is 1.50. The average molecular weight is 281 g/mol. The van der Waals surface area contributed by atoms with Crippen molar-refractivity contribution in [1.82, 2.24) is 10.3 Å². The van der Waals surface area contributed by atoms with Crippen LogP contribution in [-0.2, 0) is 6.42 Å². The summed E-state index contributed by atoms with van der Waals surface area (Å²) in [5, 5.41) is 4.60. The van der Waals surface area contributed by atoms with Gasteiger partial charge < -0.3 is 15.5 Å². The molecule has 0 amide bonds. The van der Waals surface area contributed by atoms with Crippen LogP contribution in [0.2, 0.25) is 0 Å². The molecule has 21 heavy (non-hydrogen) atoms. The lowest BCUT2D eigenvalue weighted by molar-refractivity contribution is 0.435. The summed E-state index contributed by atoms with van der Waals surface area (Å²) in [5.41, 5.74) is 7.82. The Kier molecular flexibility index (Phi) is 3.88. The molecule has 0 spiro atoms. The highest BCUT2D eigenvalue weighted by molar-refractivity contribution is 5.77. The molecule has 4 nitrogen and oxygen atoms in total. The van der Waals surface area contributed by atoms with E-state index in [9.17, 15) is 0 Å². The zero-order valence-corrected chi connectivity index (χ0v) is 12.0. The third-order valence-electron chi connectivity index (χ3n) is 3.52. The highest BCUT2D eigenvalue weighted by atomic mass is 16.3. The summed E-state index contributed by atoms with van der Waals surface area (Å²) in [6.45, 7) is 2.97. The first-order valence-electron chi connectivity index (χ1n) is 7.18. The summed E-state index contributed by atoms with van der Waals surface area (Å²) in [7, 11) is 0. The molecule has 0 bridgehead atoms. The van der Waals surface area contributed by atoms with Crippen LogP contribution in [0.4, 0.5) is 5.82 Å². The maximum absolute atomic E-state index is 5.98. The van der Waals surface area contributed by atoms with Gasteiger partial charge in [0.2, 0.25) is 0 Å². The second-order valence-corrected chi connectivity index (χ2v) is 5.09. The normalized spacial score (nSPS) is 12.6. The minimum Gasteiger partial charge on any atom is -0.459 e. The van der Waals surface area contributed by atoms with E-state index in [2.05, 4.69) is 29.4 Å². The van der Waals surface area contributed by atoms with Gasteiger partial charge in [0, 0.05) is 11.6 Å². The predicted octanol–water partition coefficient (Wildman–Crippen LogP) is 3.30. The third kappa shape index (κ3) is 3.06. The van der Waals surface area contributed by atoms with E-state index >= 15 is 0 Å². The molecule has 4 heteroatoms. The Bertz CT molecular complexity index is 702. The number of hydrogen-bond donors (Lipinski definition) is 2. The highest BCUT2D eigenvalue weighted by Gasteiger charge is 2.16. The first-order valence-corrected chi connectivity index (χ1v) is 7.18. The van der Waals surface area contributed by atoms with Gasteiger partial charge in [0.1, 0.15) is 17.2 Å². The Balaban J connectivity index is 1.90. The fourth-order valence-corrected chi connectivity index (χ4v) is 2.55. The zero-order valence-electron chi connectivity index (χ0n) is 12.0. The number of likely N-dealkylation sites (N-methyl/N-ethyl adjacent to an activating group) is 1. The van der Waals surface area contributed by atoms with Crippen molar-refractivity contribution in [2.75, 3.05) is 12.3 Å². The van der Waals surface area contributed by atoms with Gasteiger partial charge in [-0.3, -0.25) is 0 Å². The van der Waals surface area contributed by atoms with Gasteiger partial charge >= 0.3 is 0 Å². The van der Waals surface area contributed by atoms with Crippen molar-refractivity contribution in [2.24, 2.45) is 0 Å². The molecule has 0 radical (unpaired) electrons. The SMILES string of the molecule is CCNC(Cc1ccnc(N)c1)c1cc2ccccc2o1. The Hall–Kier alpha value is -2.33. The van der Waals surface area contributed by atoms with E-state index in [1.54, 1.807) is 6.20 Å². The molecule has 0 saturated heterocycles. The Morgan fingerprint density at radius 2 is 2.10 bits per heavy atom. The fourth-order valence-electron chi connectivity index (χ4n) is 2.55. The number of benzene rings is 1. The van der Waals surface area contributed by atoms with Crippen molar-refractivity contribution in [3.8, 4) is 0 Å². The molecule has 0 fully saturated rings. The second kappa shape index (κ2) is 5.97. The van der Waals surface area contributed by atoms with Crippen LogP contribution in [0.15, 0.2) is 53.1 Å². The van der Waals surface area contributed by atoms with E-state index in [-0.39, 0.29) is 6.04 Å². The van der Waals surface area contributed by atoms with Crippen LogP contribution in [0.25, 0.3) is 11.0 Å². The lowest BCUT2D eigenvalue weighted by Crippen LogP contribution is -2.22. The molecular formula is C17H19N3O. The second-order valence-electron chi connectivity index (χ2n) is 5.09. The standard InChI is InChI=1S/C17H19N3O/c1-2-19-14(9-12-7-8-20-17(18)10-12)16-11-13-5-3-4-6-15(13)21-16/h3-8,10-11,14,19H,2,9H2,1H3,(H2,18,20). The number of nitrogens with one attached hydrogen (secondary N) is 1. The molecule has 3 aromatic rings. The molecular weight excluding hydrogens is 262 g/mol. The number of para-hydroxylation sites is 1. The number of nitrogen functional groups attached to an aromatic ring is 1. The van der Waals surface area contributed by atoms with Gasteiger partial charge in [0.25, 0.3) is 0 Å². The van der Waals surface area contributed by atoms with E-state index in [1.165, 1.54) is 0 Å². The molecule has 0 aliphatic heterocycles. The van der Waals surface area contributed by atoms with Gasteiger partial charge in [-0.15, -0.1) is 0 Å². The Morgan fingerprint density at radius 3 is 2.86 bits per heavy atom. The van der Waals surface area contributed by atoms with Crippen LogP contribution >= 0.6 is 0 Å². The van der Waals surface area contributed by atoms with E-state index in [0.717, 1.165) is 35.3 Å². The number of aromatic nitrogens is 1. The molecule has 1 unspecified atom stereocenters. The average Bonchev–Trinajstić information content (AvgIpc) is 2.91. The van der Waals surface area contributed by atoms with Crippen LogP contribution in [0.5, 0.6) is 0 Å². The minimum absolute atomic E-state index is 0.129. The topological polar surface area (TPSA) is 64.1 Å². The molecule has 3 N–H and O–H groups in total. The summed E-state index contributed by atoms with van der Waals surface area (Å²) >= 11 is 0. The van der Waals surface area contributed by atoms with Crippen molar-refractivity contribution in [3.63, 3.8) is 0 Å². The van der Waals surface area contributed by atoms with Crippen molar-refractivity contribution >= 4 is 16.8 Å². The molecule has 1 atom stereocenters. The molecule has 0 aliphatic carbocycles. The number of nitrogens with zero attached hydrogens (tertiary/aromatic N) is 1. The summed E-state index contributed by atoms with van der Waals surface area (Å²) in [4.78, 5) is 4.03. The van der Waals surface area contributed by atoms with Gasteiger partial charge in [-0.25, -0.2) is 4.98 Å².